The molecule has 0 unspecified atom stereocenters. The standard InChI is InChI=1S/C20H17N3O3/c21-18-11-10-17(12-19(18)23(25)26)15-6-8-16(9-7-15)20(24)22-13-14-4-2-1-3-5-14/h1-12H,13,21H2,(H,22,24). The Hall–Kier alpha value is -3.67. The number of amides is 1. The lowest BCUT2D eigenvalue weighted by molar-refractivity contribution is -0.383. The van der Waals surface area contributed by atoms with Gasteiger partial charge in [-0.2, -0.15) is 0 Å². The summed E-state index contributed by atoms with van der Waals surface area (Å²) in [6.45, 7) is 0.450. The van der Waals surface area contributed by atoms with E-state index < -0.39 is 4.92 Å². The first-order valence-corrected chi connectivity index (χ1v) is 8.01. The number of nitro groups is 1. The van der Waals surface area contributed by atoms with Gasteiger partial charge in [0.1, 0.15) is 5.69 Å². The van der Waals surface area contributed by atoms with Crippen LogP contribution in [0.15, 0.2) is 72.8 Å². The molecule has 3 aromatic carbocycles. The van der Waals surface area contributed by atoms with Crippen molar-refractivity contribution in [1.82, 2.24) is 5.32 Å². The maximum absolute atomic E-state index is 12.2. The molecule has 0 fully saturated rings. The molecule has 26 heavy (non-hydrogen) atoms. The molecule has 0 radical (unpaired) electrons. The van der Waals surface area contributed by atoms with Gasteiger partial charge in [0.05, 0.1) is 4.92 Å². The molecular weight excluding hydrogens is 330 g/mol. The monoisotopic (exact) mass is 347 g/mol. The number of carbonyl (C=O) groups is 1. The van der Waals surface area contributed by atoms with Crippen LogP contribution in [-0.2, 0) is 6.54 Å². The predicted molar refractivity (Wildman–Crippen MR) is 101 cm³/mol. The van der Waals surface area contributed by atoms with Crippen LogP contribution in [0.25, 0.3) is 11.1 Å². The van der Waals surface area contributed by atoms with Crippen molar-refractivity contribution in [3.63, 3.8) is 0 Å². The first kappa shape index (κ1) is 17.2. The van der Waals surface area contributed by atoms with E-state index >= 15 is 0 Å². The highest BCUT2D eigenvalue weighted by molar-refractivity contribution is 5.94. The quantitative estimate of drug-likeness (QED) is 0.417. The summed E-state index contributed by atoms with van der Waals surface area (Å²) in [5.74, 6) is -0.177. The van der Waals surface area contributed by atoms with E-state index in [0.717, 1.165) is 11.1 Å². The zero-order valence-corrected chi connectivity index (χ0v) is 13.9. The molecule has 0 aliphatic rings. The molecule has 6 heteroatoms. The first-order chi connectivity index (χ1) is 12.5. The van der Waals surface area contributed by atoms with Gasteiger partial charge in [-0.1, -0.05) is 48.5 Å². The number of nitro benzene ring substituents is 1. The van der Waals surface area contributed by atoms with Crippen LogP contribution in [0.2, 0.25) is 0 Å². The van der Waals surface area contributed by atoms with E-state index in [0.29, 0.717) is 17.7 Å². The molecule has 3 rings (SSSR count). The van der Waals surface area contributed by atoms with Gasteiger partial charge in [0.15, 0.2) is 0 Å². The smallest absolute Gasteiger partial charge is 0.292 e. The van der Waals surface area contributed by atoms with Gasteiger partial charge in [-0.15, -0.1) is 0 Å². The molecule has 0 atom stereocenters. The molecule has 6 nitrogen and oxygen atoms in total. The van der Waals surface area contributed by atoms with Crippen LogP contribution in [0.1, 0.15) is 15.9 Å². The Morgan fingerprint density at radius 3 is 2.27 bits per heavy atom. The van der Waals surface area contributed by atoms with E-state index in [1.54, 1.807) is 30.3 Å². The highest BCUT2D eigenvalue weighted by atomic mass is 16.6. The number of nitrogen functional groups attached to an aromatic ring is 1. The molecule has 0 bridgehead atoms. The van der Waals surface area contributed by atoms with E-state index in [1.165, 1.54) is 12.1 Å². The number of rotatable bonds is 5. The Balaban J connectivity index is 1.73. The van der Waals surface area contributed by atoms with Crippen molar-refractivity contribution >= 4 is 17.3 Å². The largest absolute Gasteiger partial charge is 0.393 e. The van der Waals surface area contributed by atoms with Crippen LogP contribution in [0.5, 0.6) is 0 Å². The summed E-state index contributed by atoms with van der Waals surface area (Å²) in [6.07, 6.45) is 0. The topological polar surface area (TPSA) is 98.3 Å². The maximum atomic E-state index is 12.2. The second-order valence-corrected chi connectivity index (χ2v) is 5.78. The molecule has 0 aromatic heterocycles. The Labute approximate surface area is 150 Å². The summed E-state index contributed by atoms with van der Waals surface area (Å²) in [4.78, 5) is 22.7. The van der Waals surface area contributed by atoms with E-state index in [1.807, 2.05) is 30.3 Å². The predicted octanol–water partition coefficient (Wildman–Crippen LogP) is 3.77. The molecule has 3 aromatic rings. The van der Waals surface area contributed by atoms with Gasteiger partial charge in [0.25, 0.3) is 11.6 Å². The zero-order chi connectivity index (χ0) is 18.5. The molecule has 3 N–H and O–H groups in total. The number of carbonyl (C=O) groups excluding carboxylic acids is 1. The third-order valence-electron chi connectivity index (χ3n) is 4.00. The third-order valence-corrected chi connectivity index (χ3v) is 4.00. The molecule has 0 saturated carbocycles. The molecule has 0 aliphatic carbocycles. The Morgan fingerprint density at radius 2 is 1.62 bits per heavy atom. The molecule has 0 saturated heterocycles. The SMILES string of the molecule is Nc1ccc(-c2ccc(C(=O)NCc3ccccc3)cc2)cc1[N+](=O)[O-]. The van der Waals surface area contributed by atoms with Gasteiger partial charge in [0, 0.05) is 18.2 Å². The normalized spacial score (nSPS) is 10.3. The Bertz CT molecular complexity index is 938. The molecule has 1 amide bonds. The number of benzene rings is 3. The lowest BCUT2D eigenvalue weighted by Gasteiger charge is -2.07. The number of nitrogens with one attached hydrogen (secondary N) is 1. The van der Waals surface area contributed by atoms with Gasteiger partial charge < -0.3 is 11.1 Å². The summed E-state index contributed by atoms with van der Waals surface area (Å²) in [5.41, 5.74) is 8.59. The zero-order valence-electron chi connectivity index (χ0n) is 13.9. The van der Waals surface area contributed by atoms with Crippen LogP contribution >= 0.6 is 0 Å². The van der Waals surface area contributed by atoms with E-state index in [2.05, 4.69) is 5.32 Å². The average Bonchev–Trinajstić information content (AvgIpc) is 2.67. The van der Waals surface area contributed by atoms with Crippen molar-refractivity contribution in [3.8, 4) is 11.1 Å². The van der Waals surface area contributed by atoms with Gasteiger partial charge in [0.2, 0.25) is 0 Å². The van der Waals surface area contributed by atoms with Crippen LogP contribution in [0.4, 0.5) is 11.4 Å². The van der Waals surface area contributed by atoms with Gasteiger partial charge in [-0.05, 0) is 34.9 Å². The number of nitrogens with zero attached hydrogens (tertiary/aromatic N) is 1. The van der Waals surface area contributed by atoms with Crippen molar-refractivity contribution in [3.05, 3.63) is 94.0 Å². The highest BCUT2D eigenvalue weighted by Crippen LogP contribution is 2.28. The fourth-order valence-electron chi connectivity index (χ4n) is 2.58. The van der Waals surface area contributed by atoms with Crippen LogP contribution in [-0.4, -0.2) is 10.8 Å². The third kappa shape index (κ3) is 3.87. The fourth-order valence-corrected chi connectivity index (χ4v) is 2.58. The van der Waals surface area contributed by atoms with Crippen molar-refractivity contribution in [2.24, 2.45) is 0 Å². The maximum Gasteiger partial charge on any atom is 0.292 e. The van der Waals surface area contributed by atoms with Gasteiger partial charge in [-0.3, -0.25) is 14.9 Å². The lowest BCUT2D eigenvalue weighted by Crippen LogP contribution is -2.22. The van der Waals surface area contributed by atoms with E-state index in [4.69, 9.17) is 5.73 Å². The summed E-state index contributed by atoms with van der Waals surface area (Å²) < 4.78 is 0. The minimum absolute atomic E-state index is 0.121. The number of nitrogens with two attached hydrogens (primary N) is 1. The minimum Gasteiger partial charge on any atom is -0.393 e. The van der Waals surface area contributed by atoms with E-state index in [-0.39, 0.29) is 17.3 Å². The molecular formula is C20H17N3O3. The van der Waals surface area contributed by atoms with Crippen LogP contribution in [0.3, 0.4) is 0 Å². The van der Waals surface area contributed by atoms with E-state index in [9.17, 15) is 14.9 Å². The minimum atomic E-state index is -0.510. The second-order valence-electron chi connectivity index (χ2n) is 5.78. The Kier molecular flexibility index (Phi) is 4.94. The summed E-state index contributed by atoms with van der Waals surface area (Å²) in [6, 6.07) is 21.2. The van der Waals surface area contributed by atoms with Gasteiger partial charge in [-0.25, -0.2) is 0 Å². The summed E-state index contributed by atoms with van der Waals surface area (Å²) >= 11 is 0. The molecule has 0 heterocycles. The lowest BCUT2D eigenvalue weighted by atomic mass is 10.0. The molecule has 0 aliphatic heterocycles. The highest BCUT2D eigenvalue weighted by Gasteiger charge is 2.13. The number of anilines is 1. The van der Waals surface area contributed by atoms with Gasteiger partial charge >= 0.3 is 0 Å². The van der Waals surface area contributed by atoms with Crippen molar-refractivity contribution in [2.45, 2.75) is 6.54 Å². The van der Waals surface area contributed by atoms with Crippen LogP contribution in [0, 0.1) is 10.1 Å². The number of hydrogen-bond donors (Lipinski definition) is 2. The fraction of sp³-hybridized carbons (Fsp3) is 0.0500. The molecule has 130 valence electrons. The van der Waals surface area contributed by atoms with Crippen molar-refractivity contribution in [1.29, 1.82) is 0 Å². The van der Waals surface area contributed by atoms with Crippen molar-refractivity contribution < 1.29 is 9.72 Å². The summed E-state index contributed by atoms with van der Waals surface area (Å²) in [7, 11) is 0. The first-order valence-electron chi connectivity index (χ1n) is 8.01. The summed E-state index contributed by atoms with van der Waals surface area (Å²) in [5, 5.41) is 13.9. The number of hydrogen-bond acceptors (Lipinski definition) is 4. The molecule has 0 spiro atoms. The average molecular weight is 347 g/mol. The van der Waals surface area contributed by atoms with Crippen LogP contribution < -0.4 is 11.1 Å². The Morgan fingerprint density at radius 1 is 0.962 bits per heavy atom. The second kappa shape index (κ2) is 7.48. The van der Waals surface area contributed by atoms with Crippen molar-refractivity contribution in [2.75, 3.05) is 5.73 Å².